The average molecular weight is 238 g/mol. The Balaban J connectivity index is 2.49. The van der Waals surface area contributed by atoms with E-state index in [1.807, 2.05) is 0 Å². The third kappa shape index (κ3) is 2.06. The zero-order chi connectivity index (χ0) is 12.4. The molecular weight excluding hydrogens is 227 g/mol. The fourth-order valence-corrected chi connectivity index (χ4v) is 1.81. The molecule has 6 heteroatoms. The number of anilines is 1. The first kappa shape index (κ1) is 11.4. The zero-order valence-corrected chi connectivity index (χ0v) is 8.94. The minimum absolute atomic E-state index is 0.169. The third-order valence-electron chi connectivity index (χ3n) is 2.57. The third-order valence-corrected chi connectivity index (χ3v) is 2.57. The van der Waals surface area contributed by atoms with E-state index >= 15 is 0 Å². The van der Waals surface area contributed by atoms with Crippen LogP contribution < -0.4 is 10.2 Å². The predicted molar refractivity (Wildman–Crippen MR) is 58.7 cm³/mol. The molecule has 2 N–H and O–H groups in total. The normalized spacial score (nSPS) is 15.6. The van der Waals surface area contributed by atoms with Crippen molar-refractivity contribution < 1.29 is 19.1 Å². The number of carbonyl (C=O) groups excluding carboxylic acids is 1. The van der Waals surface area contributed by atoms with Crippen LogP contribution in [0, 0.1) is 5.82 Å². The minimum atomic E-state index is -1.25. The fraction of sp³-hybridized carbons (Fsp3) is 0.273. The molecule has 1 aliphatic heterocycles. The van der Waals surface area contributed by atoms with E-state index in [0.29, 0.717) is 19.5 Å². The highest BCUT2D eigenvalue weighted by Crippen LogP contribution is 2.25. The van der Waals surface area contributed by atoms with Crippen LogP contribution in [0.4, 0.5) is 14.9 Å². The van der Waals surface area contributed by atoms with Crippen molar-refractivity contribution in [3.8, 4) is 0 Å². The van der Waals surface area contributed by atoms with Crippen LogP contribution in [-0.2, 0) is 0 Å². The van der Waals surface area contributed by atoms with E-state index < -0.39 is 17.8 Å². The van der Waals surface area contributed by atoms with Gasteiger partial charge in [-0.1, -0.05) is 6.07 Å². The van der Waals surface area contributed by atoms with Crippen LogP contribution in [0.5, 0.6) is 0 Å². The molecule has 0 aromatic heterocycles. The van der Waals surface area contributed by atoms with Crippen molar-refractivity contribution in [1.29, 1.82) is 0 Å². The summed E-state index contributed by atoms with van der Waals surface area (Å²) in [6.45, 7) is 0.833. The lowest BCUT2D eigenvalue weighted by Crippen LogP contribution is -2.47. The van der Waals surface area contributed by atoms with Crippen LogP contribution in [0.2, 0.25) is 0 Å². The van der Waals surface area contributed by atoms with Gasteiger partial charge in [-0.25, -0.2) is 14.0 Å². The summed E-state index contributed by atoms with van der Waals surface area (Å²) in [4.78, 5) is 23.7. The van der Waals surface area contributed by atoms with Crippen molar-refractivity contribution in [1.82, 2.24) is 5.32 Å². The van der Waals surface area contributed by atoms with Gasteiger partial charge in [0, 0.05) is 13.1 Å². The number of nitrogens with one attached hydrogen (secondary N) is 1. The number of nitrogens with zero attached hydrogens (tertiary/aromatic N) is 1. The van der Waals surface area contributed by atoms with Crippen LogP contribution in [0.15, 0.2) is 18.2 Å². The van der Waals surface area contributed by atoms with Gasteiger partial charge in [0.2, 0.25) is 0 Å². The smallest absolute Gasteiger partial charge is 0.337 e. The van der Waals surface area contributed by atoms with Gasteiger partial charge in [0.05, 0.1) is 11.3 Å². The van der Waals surface area contributed by atoms with E-state index in [1.54, 1.807) is 0 Å². The predicted octanol–water partition coefficient (Wildman–Crippen LogP) is 1.44. The number of carboxylic acid groups (broad SMARTS) is 1. The van der Waals surface area contributed by atoms with Gasteiger partial charge in [0.15, 0.2) is 0 Å². The number of para-hydroxylation sites is 1. The molecule has 0 saturated carbocycles. The molecule has 1 saturated heterocycles. The second-order valence-electron chi connectivity index (χ2n) is 3.68. The van der Waals surface area contributed by atoms with E-state index in [1.165, 1.54) is 12.1 Å². The molecule has 1 aromatic rings. The summed E-state index contributed by atoms with van der Waals surface area (Å²) >= 11 is 0. The number of halogens is 1. The van der Waals surface area contributed by atoms with Gasteiger partial charge in [-0.05, 0) is 18.6 Å². The molecule has 2 rings (SSSR count). The molecule has 1 aliphatic rings. The molecule has 0 spiro atoms. The van der Waals surface area contributed by atoms with Crippen LogP contribution in [-0.4, -0.2) is 30.2 Å². The number of hydrogen-bond acceptors (Lipinski definition) is 2. The van der Waals surface area contributed by atoms with E-state index in [-0.39, 0.29) is 11.3 Å². The lowest BCUT2D eigenvalue weighted by atomic mass is 10.1. The lowest BCUT2D eigenvalue weighted by Gasteiger charge is -2.28. The van der Waals surface area contributed by atoms with E-state index in [4.69, 9.17) is 5.11 Å². The Bertz CT molecular complexity index is 476. The van der Waals surface area contributed by atoms with Crippen LogP contribution in [0.3, 0.4) is 0 Å². The van der Waals surface area contributed by atoms with Crippen LogP contribution in [0.1, 0.15) is 16.8 Å². The SMILES string of the molecule is O=C(O)c1cccc(F)c1N1CCCNC1=O. The molecule has 1 heterocycles. The van der Waals surface area contributed by atoms with Crippen molar-refractivity contribution in [3.05, 3.63) is 29.6 Å². The van der Waals surface area contributed by atoms with Crippen molar-refractivity contribution >= 4 is 17.7 Å². The lowest BCUT2D eigenvalue weighted by molar-refractivity contribution is 0.0697. The first-order valence-corrected chi connectivity index (χ1v) is 5.18. The first-order chi connectivity index (χ1) is 8.11. The molecule has 1 fully saturated rings. The van der Waals surface area contributed by atoms with Gasteiger partial charge in [-0.3, -0.25) is 4.90 Å². The van der Waals surface area contributed by atoms with E-state index in [2.05, 4.69) is 5.32 Å². The highest BCUT2D eigenvalue weighted by atomic mass is 19.1. The molecule has 0 radical (unpaired) electrons. The second kappa shape index (κ2) is 4.40. The highest BCUT2D eigenvalue weighted by Gasteiger charge is 2.26. The van der Waals surface area contributed by atoms with Crippen molar-refractivity contribution in [2.24, 2.45) is 0 Å². The van der Waals surface area contributed by atoms with Crippen molar-refractivity contribution in [2.45, 2.75) is 6.42 Å². The number of carboxylic acids is 1. The molecular formula is C11H11FN2O3. The Morgan fingerprint density at radius 1 is 1.47 bits per heavy atom. The fourth-order valence-electron chi connectivity index (χ4n) is 1.81. The first-order valence-electron chi connectivity index (χ1n) is 5.18. The monoisotopic (exact) mass is 238 g/mol. The number of amides is 2. The molecule has 0 aliphatic carbocycles. The van der Waals surface area contributed by atoms with E-state index in [9.17, 15) is 14.0 Å². The largest absolute Gasteiger partial charge is 0.478 e. The number of hydrogen-bond donors (Lipinski definition) is 2. The molecule has 5 nitrogen and oxygen atoms in total. The summed E-state index contributed by atoms with van der Waals surface area (Å²) in [5, 5.41) is 11.5. The molecule has 1 aromatic carbocycles. The Morgan fingerprint density at radius 3 is 2.88 bits per heavy atom. The maximum Gasteiger partial charge on any atom is 0.337 e. The van der Waals surface area contributed by atoms with Gasteiger partial charge in [0.25, 0.3) is 0 Å². The number of aromatic carboxylic acids is 1. The summed E-state index contributed by atoms with van der Waals surface area (Å²) in [6.07, 6.45) is 0.652. The van der Waals surface area contributed by atoms with Gasteiger partial charge in [-0.15, -0.1) is 0 Å². The number of urea groups is 1. The van der Waals surface area contributed by atoms with E-state index in [0.717, 1.165) is 11.0 Å². The topological polar surface area (TPSA) is 69.6 Å². The van der Waals surface area contributed by atoms with Crippen molar-refractivity contribution in [2.75, 3.05) is 18.0 Å². The Kier molecular flexibility index (Phi) is 2.95. The number of carbonyl (C=O) groups is 2. The van der Waals surface area contributed by atoms with Gasteiger partial charge < -0.3 is 10.4 Å². The summed E-state index contributed by atoms with van der Waals surface area (Å²) < 4.78 is 13.7. The van der Waals surface area contributed by atoms with Gasteiger partial charge in [-0.2, -0.15) is 0 Å². The molecule has 0 atom stereocenters. The molecule has 2 amide bonds. The molecule has 90 valence electrons. The summed E-state index contributed by atoms with van der Waals surface area (Å²) in [5.74, 6) is -1.96. The standard InChI is InChI=1S/C11H11FN2O3/c12-8-4-1-3-7(10(15)16)9(8)14-6-2-5-13-11(14)17/h1,3-4H,2,5-6H2,(H,13,17)(H,15,16). The average Bonchev–Trinajstić information content (AvgIpc) is 2.30. The molecule has 17 heavy (non-hydrogen) atoms. The summed E-state index contributed by atoms with van der Waals surface area (Å²) in [5.41, 5.74) is -0.376. The maximum atomic E-state index is 13.7. The maximum absolute atomic E-state index is 13.7. The second-order valence-corrected chi connectivity index (χ2v) is 3.68. The Morgan fingerprint density at radius 2 is 2.24 bits per heavy atom. The quantitative estimate of drug-likeness (QED) is 0.819. The van der Waals surface area contributed by atoms with Gasteiger partial charge in [0.1, 0.15) is 5.82 Å². The van der Waals surface area contributed by atoms with Crippen LogP contribution >= 0.6 is 0 Å². The minimum Gasteiger partial charge on any atom is -0.478 e. The molecule has 0 bridgehead atoms. The Hall–Kier alpha value is -2.11. The van der Waals surface area contributed by atoms with Gasteiger partial charge >= 0.3 is 12.0 Å². The van der Waals surface area contributed by atoms with Crippen molar-refractivity contribution in [3.63, 3.8) is 0 Å². The number of rotatable bonds is 2. The zero-order valence-electron chi connectivity index (χ0n) is 8.94. The Labute approximate surface area is 96.8 Å². The van der Waals surface area contributed by atoms with Crippen LogP contribution in [0.25, 0.3) is 0 Å². The summed E-state index contributed by atoms with van der Waals surface area (Å²) in [6, 6.07) is 3.26. The summed E-state index contributed by atoms with van der Waals surface area (Å²) in [7, 11) is 0. The highest BCUT2D eigenvalue weighted by molar-refractivity contribution is 6.01. The molecule has 0 unspecified atom stereocenters. The number of benzene rings is 1.